The maximum atomic E-state index is 9.24. The molecule has 6 N–H and O–H groups in total. The average molecular weight is 328 g/mol. The maximum Gasteiger partial charge on any atom is 0.494 e. The number of nitrogens with zero attached hydrogens (tertiary/aromatic N) is 3. The lowest BCUT2D eigenvalue weighted by Gasteiger charge is -2.32. The van der Waals surface area contributed by atoms with Crippen LogP contribution in [-0.2, 0) is 9.31 Å². The summed E-state index contributed by atoms with van der Waals surface area (Å²) < 4.78 is 12.0. The van der Waals surface area contributed by atoms with Crippen LogP contribution in [0.15, 0.2) is 28.2 Å². The molecule has 0 aliphatic carbocycles. The fourth-order valence-corrected chi connectivity index (χ4v) is 2.17. The Kier molecular flexibility index (Phi) is 4.55. The van der Waals surface area contributed by atoms with Crippen molar-refractivity contribution < 1.29 is 9.31 Å². The molecule has 1 heterocycles. The lowest BCUT2D eigenvalue weighted by molar-refractivity contribution is 0.00578. The molecule has 0 bridgehead atoms. The van der Waals surface area contributed by atoms with Crippen LogP contribution in [0.2, 0.25) is 0 Å². The number of hydrogen-bond acceptors (Lipinski definition) is 4. The SMILES string of the molecule is CC1(C)OB(c2cc(C#N)cc(N=C(N)N=C(N)N)c2)OC1(C)C. The number of rotatable bonds is 2. The Morgan fingerprint density at radius 1 is 1.08 bits per heavy atom. The molecule has 0 unspecified atom stereocenters. The van der Waals surface area contributed by atoms with E-state index >= 15 is 0 Å². The third kappa shape index (κ3) is 3.67. The van der Waals surface area contributed by atoms with Gasteiger partial charge in [-0.1, -0.05) is 0 Å². The van der Waals surface area contributed by atoms with E-state index in [-0.39, 0.29) is 11.9 Å². The molecule has 0 atom stereocenters. The zero-order valence-electron chi connectivity index (χ0n) is 14.2. The van der Waals surface area contributed by atoms with Crippen molar-refractivity contribution in [2.75, 3.05) is 0 Å². The molecule has 1 fully saturated rings. The van der Waals surface area contributed by atoms with Crippen LogP contribution < -0.4 is 22.7 Å². The van der Waals surface area contributed by atoms with Crippen molar-refractivity contribution in [3.05, 3.63) is 23.8 Å². The smallest absolute Gasteiger partial charge is 0.399 e. The van der Waals surface area contributed by atoms with Gasteiger partial charge in [0.1, 0.15) is 0 Å². The van der Waals surface area contributed by atoms with Crippen LogP contribution in [-0.4, -0.2) is 30.2 Å². The van der Waals surface area contributed by atoms with Gasteiger partial charge in [-0.05, 0) is 51.4 Å². The van der Waals surface area contributed by atoms with Crippen LogP contribution >= 0.6 is 0 Å². The van der Waals surface area contributed by atoms with Crippen LogP contribution in [0.25, 0.3) is 0 Å². The second-order valence-corrected chi connectivity index (χ2v) is 6.52. The Bertz CT molecular complexity index is 731. The van der Waals surface area contributed by atoms with Gasteiger partial charge in [-0.25, -0.2) is 4.99 Å². The Morgan fingerprint density at radius 3 is 2.17 bits per heavy atom. The average Bonchev–Trinajstić information content (AvgIpc) is 2.66. The molecule has 1 aromatic rings. The van der Waals surface area contributed by atoms with E-state index in [0.29, 0.717) is 16.7 Å². The second-order valence-electron chi connectivity index (χ2n) is 6.52. The minimum atomic E-state index is -0.610. The highest BCUT2D eigenvalue weighted by molar-refractivity contribution is 6.62. The van der Waals surface area contributed by atoms with E-state index in [0.717, 1.165) is 0 Å². The molecule has 126 valence electrons. The van der Waals surface area contributed by atoms with Gasteiger partial charge in [-0.2, -0.15) is 10.3 Å². The van der Waals surface area contributed by atoms with Gasteiger partial charge in [0.05, 0.1) is 28.5 Å². The first-order valence-corrected chi connectivity index (χ1v) is 7.38. The molecule has 8 nitrogen and oxygen atoms in total. The predicted molar refractivity (Wildman–Crippen MR) is 94.0 cm³/mol. The van der Waals surface area contributed by atoms with Crippen LogP contribution in [0, 0.1) is 11.3 Å². The van der Waals surface area contributed by atoms with E-state index in [9.17, 15) is 5.26 Å². The van der Waals surface area contributed by atoms with Gasteiger partial charge in [0.2, 0.25) is 5.96 Å². The molecule has 0 saturated carbocycles. The van der Waals surface area contributed by atoms with Crippen LogP contribution in [0.1, 0.15) is 33.3 Å². The number of guanidine groups is 2. The van der Waals surface area contributed by atoms with Gasteiger partial charge >= 0.3 is 7.12 Å². The van der Waals surface area contributed by atoms with E-state index in [1.807, 2.05) is 27.7 Å². The fourth-order valence-electron chi connectivity index (χ4n) is 2.17. The summed E-state index contributed by atoms with van der Waals surface area (Å²) in [7, 11) is -0.610. The Hall–Kier alpha value is -2.57. The van der Waals surface area contributed by atoms with Gasteiger partial charge in [0.15, 0.2) is 5.96 Å². The summed E-state index contributed by atoms with van der Waals surface area (Å²) in [6, 6.07) is 7.07. The summed E-state index contributed by atoms with van der Waals surface area (Å²) in [4.78, 5) is 7.75. The van der Waals surface area contributed by atoms with Crippen LogP contribution in [0.3, 0.4) is 0 Å². The van der Waals surface area contributed by atoms with Crippen molar-refractivity contribution >= 4 is 30.2 Å². The normalized spacial score (nSPS) is 19.0. The molecule has 1 saturated heterocycles. The third-order valence-electron chi connectivity index (χ3n) is 4.08. The van der Waals surface area contributed by atoms with Crippen molar-refractivity contribution in [1.29, 1.82) is 5.26 Å². The summed E-state index contributed by atoms with van der Waals surface area (Å²) in [6.07, 6.45) is 0. The quantitative estimate of drug-likeness (QED) is 0.398. The van der Waals surface area contributed by atoms with E-state index in [1.54, 1.807) is 18.2 Å². The van der Waals surface area contributed by atoms with Gasteiger partial charge < -0.3 is 26.5 Å². The van der Waals surface area contributed by atoms with Crippen molar-refractivity contribution in [3.63, 3.8) is 0 Å². The topological polar surface area (TPSA) is 145 Å². The molecule has 1 aliphatic heterocycles. The third-order valence-corrected chi connectivity index (χ3v) is 4.08. The van der Waals surface area contributed by atoms with Crippen molar-refractivity contribution in [1.82, 2.24) is 0 Å². The zero-order chi connectivity index (χ0) is 18.1. The minimum absolute atomic E-state index is 0.107. The van der Waals surface area contributed by atoms with E-state index in [4.69, 9.17) is 26.5 Å². The van der Waals surface area contributed by atoms with Gasteiger partial charge in [0.25, 0.3) is 0 Å². The molecule has 0 aromatic heterocycles. The van der Waals surface area contributed by atoms with Crippen molar-refractivity contribution in [2.24, 2.45) is 27.2 Å². The predicted octanol–water partition coefficient (Wildman–Crippen LogP) is 0.0771. The van der Waals surface area contributed by atoms with E-state index in [1.165, 1.54) is 0 Å². The monoisotopic (exact) mass is 328 g/mol. The number of nitrogens with two attached hydrogens (primary N) is 3. The number of benzene rings is 1. The highest BCUT2D eigenvalue weighted by atomic mass is 16.7. The largest absolute Gasteiger partial charge is 0.494 e. The standard InChI is InChI=1S/C15H21BN6O2/c1-14(2)15(3,4)24-16(23-14)10-5-9(8-17)6-11(7-10)21-13(20)22-12(18)19/h5-7H,1-4H3,(H6,18,19,20,21,22). The highest BCUT2D eigenvalue weighted by Gasteiger charge is 2.51. The number of nitriles is 1. The molecule has 0 radical (unpaired) electrons. The fraction of sp³-hybridized carbons (Fsp3) is 0.400. The van der Waals surface area contributed by atoms with Crippen molar-refractivity contribution in [2.45, 2.75) is 38.9 Å². The Morgan fingerprint density at radius 2 is 1.67 bits per heavy atom. The summed E-state index contributed by atoms with van der Waals surface area (Å²) in [6.45, 7) is 7.82. The molecule has 1 aliphatic rings. The summed E-state index contributed by atoms with van der Waals surface area (Å²) in [5.74, 6) is -0.302. The van der Waals surface area contributed by atoms with E-state index < -0.39 is 18.3 Å². The first kappa shape index (κ1) is 17.8. The van der Waals surface area contributed by atoms with Crippen LogP contribution in [0.5, 0.6) is 0 Å². The minimum Gasteiger partial charge on any atom is -0.399 e. The zero-order valence-corrected chi connectivity index (χ0v) is 14.2. The molecule has 2 rings (SSSR count). The second kappa shape index (κ2) is 6.15. The van der Waals surface area contributed by atoms with E-state index in [2.05, 4.69) is 16.1 Å². The summed E-state index contributed by atoms with van der Waals surface area (Å²) in [5.41, 5.74) is 16.7. The van der Waals surface area contributed by atoms with Gasteiger partial charge in [-0.3, -0.25) is 0 Å². The summed E-state index contributed by atoms with van der Waals surface area (Å²) >= 11 is 0. The van der Waals surface area contributed by atoms with Crippen LogP contribution in [0.4, 0.5) is 5.69 Å². The number of aliphatic imine (C=N–C) groups is 2. The van der Waals surface area contributed by atoms with Gasteiger partial charge in [0, 0.05) is 0 Å². The molecule has 24 heavy (non-hydrogen) atoms. The lowest BCUT2D eigenvalue weighted by Crippen LogP contribution is -2.41. The van der Waals surface area contributed by atoms with Crippen molar-refractivity contribution in [3.8, 4) is 6.07 Å². The maximum absolute atomic E-state index is 9.24. The Labute approximate surface area is 141 Å². The molecule has 1 aromatic carbocycles. The first-order valence-electron chi connectivity index (χ1n) is 7.38. The molecule has 0 spiro atoms. The molecular weight excluding hydrogens is 307 g/mol. The molecular formula is C15H21BN6O2. The van der Waals surface area contributed by atoms with Gasteiger partial charge in [-0.15, -0.1) is 0 Å². The summed E-state index contributed by atoms with van der Waals surface area (Å²) in [5, 5.41) is 9.24. The molecule has 9 heteroatoms. The molecule has 0 amide bonds. The Balaban J connectivity index is 2.41. The lowest BCUT2D eigenvalue weighted by atomic mass is 9.78. The first-order chi connectivity index (χ1) is 11.0. The number of hydrogen-bond donors (Lipinski definition) is 3. The highest BCUT2D eigenvalue weighted by Crippen LogP contribution is 2.36.